The zero-order chi connectivity index (χ0) is 22.0. The van der Waals surface area contributed by atoms with E-state index < -0.39 is 40.4 Å². The molecule has 1 aromatic rings. The third-order valence-corrected chi connectivity index (χ3v) is 6.98. The van der Waals surface area contributed by atoms with Crippen molar-refractivity contribution in [1.29, 1.82) is 5.26 Å². The predicted molar refractivity (Wildman–Crippen MR) is 100 cm³/mol. The number of aromatic amines is 1. The summed E-state index contributed by atoms with van der Waals surface area (Å²) >= 11 is 2.27. The molecule has 0 bridgehead atoms. The number of nitrogens with zero attached hydrogens (tertiary/aromatic N) is 6. The highest BCUT2D eigenvalue weighted by Gasteiger charge is 2.57. The highest BCUT2D eigenvalue weighted by molar-refractivity contribution is 8.01. The zero-order valence-corrected chi connectivity index (χ0v) is 17.0. The number of aromatic nitrogens is 4. The highest BCUT2D eigenvalue weighted by atomic mass is 32.2. The summed E-state index contributed by atoms with van der Waals surface area (Å²) < 4.78 is 0. The van der Waals surface area contributed by atoms with Gasteiger partial charge in [0, 0.05) is 24.3 Å². The van der Waals surface area contributed by atoms with Crippen molar-refractivity contribution in [3.63, 3.8) is 0 Å². The van der Waals surface area contributed by atoms with Crippen LogP contribution in [0.2, 0.25) is 0 Å². The number of carboxylic acids is 2. The molecule has 1 saturated heterocycles. The number of hydrogen-bond acceptors (Lipinski definition) is 10. The molecule has 0 aromatic carbocycles. The first-order valence-corrected chi connectivity index (χ1v) is 10.4. The Bertz CT molecular complexity index is 959. The third kappa shape index (κ3) is 3.96. The Morgan fingerprint density at radius 1 is 1.47 bits per heavy atom. The lowest BCUT2D eigenvalue weighted by Gasteiger charge is -2.51. The number of nitrogens with one attached hydrogen (secondary N) is 1. The van der Waals surface area contributed by atoms with Crippen LogP contribution in [0.25, 0.3) is 0 Å². The smallest absolute Gasteiger partial charge is 0.352 e. The first kappa shape index (κ1) is 21.6. The summed E-state index contributed by atoms with van der Waals surface area (Å²) in [5.41, 5.74) is 0.0846. The SMILES string of the molecule is CC(=O)N(C#N)C1C(=O)N2C(C(=O)O)=C(C(CCC(=O)O)Sc3nnn[nH]3)CS[C@@H]12. The Morgan fingerprint density at radius 2 is 2.20 bits per heavy atom. The van der Waals surface area contributed by atoms with Gasteiger partial charge in [0.15, 0.2) is 12.2 Å². The summed E-state index contributed by atoms with van der Waals surface area (Å²) in [6.45, 7) is 1.15. The number of carboxylic acid groups (broad SMARTS) is 2. The van der Waals surface area contributed by atoms with Crippen LogP contribution in [0.1, 0.15) is 19.8 Å². The fourth-order valence-corrected chi connectivity index (χ4v) is 5.79. The number of amides is 2. The fraction of sp³-hybridized carbons (Fsp3) is 0.467. The fourth-order valence-electron chi connectivity index (χ4n) is 3.20. The van der Waals surface area contributed by atoms with Gasteiger partial charge >= 0.3 is 11.9 Å². The van der Waals surface area contributed by atoms with E-state index in [1.807, 2.05) is 0 Å². The maximum Gasteiger partial charge on any atom is 0.352 e. The minimum atomic E-state index is -1.36. The number of nitriles is 1. The number of rotatable bonds is 8. The van der Waals surface area contributed by atoms with Gasteiger partial charge in [-0.15, -0.1) is 16.9 Å². The van der Waals surface area contributed by atoms with Gasteiger partial charge in [0.25, 0.3) is 5.91 Å². The summed E-state index contributed by atoms with van der Waals surface area (Å²) in [5, 5.41) is 40.2. The van der Waals surface area contributed by atoms with Crippen molar-refractivity contribution < 1.29 is 29.4 Å². The van der Waals surface area contributed by atoms with Crippen LogP contribution in [0.4, 0.5) is 0 Å². The number of tetrazole rings is 1. The molecule has 15 heteroatoms. The molecular weight excluding hydrogens is 438 g/mol. The lowest BCUT2D eigenvalue weighted by molar-refractivity contribution is -0.156. The van der Waals surface area contributed by atoms with Gasteiger partial charge in [-0.05, 0) is 22.4 Å². The molecule has 3 atom stereocenters. The van der Waals surface area contributed by atoms with Gasteiger partial charge in [-0.1, -0.05) is 11.8 Å². The number of carbonyl (C=O) groups is 4. The van der Waals surface area contributed by atoms with Gasteiger partial charge < -0.3 is 10.2 Å². The molecule has 3 rings (SSSR count). The molecular formula is C15H15N7O6S2. The number of fused-ring (bicyclic) bond motifs is 1. The van der Waals surface area contributed by atoms with Gasteiger partial charge in [-0.25, -0.2) is 14.8 Å². The van der Waals surface area contributed by atoms with Crippen LogP contribution in [-0.4, -0.2) is 86.8 Å². The molecule has 1 aromatic heterocycles. The van der Waals surface area contributed by atoms with E-state index in [-0.39, 0.29) is 29.4 Å². The van der Waals surface area contributed by atoms with Crippen molar-refractivity contribution >= 4 is 47.3 Å². The molecule has 2 aliphatic heterocycles. The Hall–Kier alpha value is -3.12. The number of carbonyl (C=O) groups excluding carboxylic acids is 2. The maximum absolute atomic E-state index is 12.7. The largest absolute Gasteiger partial charge is 0.481 e. The molecule has 2 unspecified atom stereocenters. The van der Waals surface area contributed by atoms with Crippen molar-refractivity contribution in [1.82, 2.24) is 30.4 Å². The molecule has 3 heterocycles. The highest BCUT2D eigenvalue weighted by Crippen LogP contribution is 2.45. The molecule has 158 valence electrons. The number of aliphatic carboxylic acids is 2. The molecule has 1 fully saturated rings. The summed E-state index contributed by atoms with van der Waals surface area (Å²) in [5.74, 6) is -3.54. The second kappa shape index (κ2) is 8.71. The van der Waals surface area contributed by atoms with Crippen molar-refractivity contribution in [2.45, 2.75) is 41.6 Å². The van der Waals surface area contributed by atoms with E-state index in [2.05, 4.69) is 20.6 Å². The quantitative estimate of drug-likeness (QED) is 0.197. The lowest BCUT2D eigenvalue weighted by atomic mass is 9.99. The Morgan fingerprint density at radius 3 is 2.73 bits per heavy atom. The maximum atomic E-state index is 12.7. The first-order chi connectivity index (χ1) is 14.3. The minimum absolute atomic E-state index is 0.0846. The molecule has 0 spiro atoms. The van der Waals surface area contributed by atoms with E-state index in [0.717, 1.165) is 28.5 Å². The number of hydrogen-bond donors (Lipinski definition) is 3. The molecule has 0 radical (unpaired) electrons. The van der Waals surface area contributed by atoms with Crippen LogP contribution in [0, 0.1) is 11.5 Å². The zero-order valence-electron chi connectivity index (χ0n) is 15.4. The number of thioether (sulfide) groups is 2. The number of H-pyrrole nitrogens is 1. The molecule has 3 N–H and O–H groups in total. The summed E-state index contributed by atoms with van der Waals surface area (Å²) in [6, 6.07) is -1.07. The third-order valence-electron chi connectivity index (χ3n) is 4.49. The average Bonchev–Trinajstić information content (AvgIpc) is 3.20. The number of β-lactam (4-membered cyclic amide) rings is 1. The van der Waals surface area contributed by atoms with Gasteiger partial charge in [0.1, 0.15) is 11.1 Å². The van der Waals surface area contributed by atoms with E-state index >= 15 is 0 Å². The van der Waals surface area contributed by atoms with E-state index in [1.54, 1.807) is 6.19 Å². The van der Waals surface area contributed by atoms with E-state index in [4.69, 9.17) is 5.11 Å². The van der Waals surface area contributed by atoms with Crippen LogP contribution in [0.15, 0.2) is 16.4 Å². The van der Waals surface area contributed by atoms with Gasteiger partial charge in [0.2, 0.25) is 11.1 Å². The first-order valence-electron chi connectivity index (χ1n) is 8.49. The van der Waals surface area contributed by atoms with Crippen molar-refractivity contribution in [3.05, 3.63) is 11.3 Å². The Labute approximate surface area is 177 Å². The summed E-state index contributed by atoms with van der Waals surface area (Å²) in [7, 11) is 0. The molecule has 0 saturated carbocycles. The molecule has 2 amide bonds. The normalized spacial score (nSPS) is 21.3. The van der Waals surface area contributed by atoms with Crippen LogP contribution in [0.3, 0.4) is 0 Å². The van der Waals surface area contributed by atoms with Crippen molar-refractivity contribution in [2.24, 2.45) is 0 Å². The van der Waals surface area contributed by atoms with Crippen LogP contribution < -0.4 is 0 Å². The molecule has 2 aliphatic rings. The molecule has 30 heavy (non-hydrogen) atoms. The summed E-state index contributed by atoms with van der Waals surface area (Å²) in [6.07, 6.45) is 1.53. The monoisotopic (exact) mass is 453 g/mol. The Kier molecular flexibility index (Phi) is 6.27. The predicted octanol–water partition coefficient (Wildman–Crippen LogP) is -0.523. The van der Waals surface area contributed by atoms with Crippen molar-refractivity contribution in [3.8, 4) is 6.19 Å². The van der Waals surface area contributed by atoms with Gasteiger partial charge in [-0.2, -0.15) is 5.26 Å². The standard InChI is InChI=1S/C15H15N7O6S2/c1-6(23)21(5-16)11-12(26)22-10(14(27)28)7(4-29-13(11)22)8(2-3-9(24)25)30-15-17-19-20-18-15/h8,11,13H,2-4H2,1H3,(H,24,25)(H,27,28)(H,17,18,19,20)/t8?,11?,13-/m0/s1. The summed E-state index contributed by atoms with van der Waals surface area (Å²) in [4.78, 5) is 49.3. The molecule has 13 nitrogen and oxygen atoms in total. The van der Waals surface area contributed by atoms with Gasteiger partial charge in [-0.3, -0.25) is 19.3 Å². The van der Waals surface area contributed by atoms with E-state index in [1.165, 1.54) is 11.8 Å². The van der Waals surface area contributed by atoms with Crippen molar-refractivity contribution in [2.75, 3.05) is 5.75 Å². The Balaban J connectivity index is 1.95. The van der Waals surface area contributed by atoms with E-state index in [9.17, 15) is 29.5 Å². The van der Waals surface area contributed by atoms with Crippen LogP contribution in [0.5, 0.6) is 0 Å². The minimum Gasteiger partial charge on any atom is -0.481 e. The van der Waals surface area contributed by atoms with E-state index in [0.29, 0.717) is 5.57 Å². The lowest BCUT2D eigenvalue weighted by Crippen LogP contribution is -2.70. The topological polar surface area (TPSA) is 193 Å². The molecule has 0 aliphatic carbocycles. The van der Waals surface area contributed by atoms with Crippen LogP contribution in [-0.2, 0) is 19.2 Å². The van der Waals surface area contributed by atoms with Crippen LogP contribution >= 0.6 is 23.5 Å². The van der Waals surface area contributed by atoms with Gasteiger partial charge in [0.05, 0.1) is 0 Å². The average molecular weight is 453 g/mol. The second-order valence-corrected chi connectivity index (χ2v) is 8.56. The second-order valence-electron chi connectivity index (χ2n) is 6.27.